The summed E-state index contributed by atoms with van der Waals surface area (Å²) >= 11 is 0. The maximum atomic E-state index is 12.2. The number of nitrogens with two attached hydrogens (primary N) is 1. The van der Waals surface area contributed by atoms with Crippen LogP contribution in [0.2, 0.25) is 0 Å². The first-order valence-electron chi connectivity index (χ1n) is 7.91. The van der Waals surface area contributed by atoms with E-state index in [2.05, 4.69) is 24.1 Å². The van der Waals surface area contributed by atoms with Gasteiger partial charge in [-0.1, -0.05) is 26.0 Å². The summed E-state index contributed by atoms with van der Waals surface area (Å²) in [6.07, 6.45) is 2.41. The first kappa shape index (κ1) is 16.0. The summed E-state index contributed by atoms with van der Waals surface area (Å²) in [5.74, 6) is 0.681. The van der Waals surface area contributed by atoms with E-state index in [9.17, 15) is 4.79 Å². The highest BCUT2D eigenvalue weighted by molar-refractivity contribution is 5.94. The van der Waals surface area contributed by atoms with Crippen LogP contribution in [0, 0.1) is 5.92 Å². The zero-order valence-corrected chi connectivity index (χ0v) is 13.1. The van der Waals surface area contributed by atoms with Crippen molar-refractivity contribution in [3.8, 4) is 0 Å². The molecule has 3 N–H and O–H groups in total. The number of rotatable bonds is 6. The first-order valence-corrected chi connectivity index (χ1v) is 7.91. The number of carbonyl (C=O) groups is 1. The number of hydrogen-bond acceptors (Lipinski definition) is 3. The molecule has 21 heavy (non-hydrogen) atoms. The van der Waals surface area contributed by atoms with Gasteiger partial charge in [-0.3, -0.25) is 9.69 Å². The number of nitrogens with one attached hydrogen (secondary N) is 1. The second-order valence-corrected chi connectivity index (χ2v) is 6.30. The van der Waals surface area contributed by atoms with Crippen LogP contribution in [0.25, 0.3) is 0 Å². The first-order chi connectivity index (χ1) is 10.1. The van der Waals surface area contributed by atoms with Gasteiger partial charge in [0.15, 0.2) is 0 Å². The second kappa shape index (κ2) is 7.57. The average Bonchev–Trinajstić information content (AvgIpc) is 2.91. The van der Waals surface area contributed by atoms with Gasteiger partial charge in [0.1, 0.15) is 0 Å². The SMILES string of the molecule is CC(C)CN1CCC[C@@H]1CNC(=O)c1ccc(CN)cc1. The van der Waals surface area contributed by atoms with Crippen molar-refractivity contribution in [1.29, 1.82) is 0 Å². The van der Waals surface area contributed by atoms with Gasteiger partial charge in [0.05, 0.1) is 0 Å². The lowest BCUT2D eigenvalue weighted by molar-refractivity contribution is 0.0939. The largest absolute Gasteiger partial charge is 0.350 e. The number of amides is 1. The molecule has 1 atom stereocenters. The van der Waals surface area contributed by atoms with Crippen LogP contribution in [0.4, 0.5) is 0 Å². The van der Waals surface area contributed by atoms with Crippen LogP contribution in [-0.2, 0) is 6.54 Å². The summed E-state index contributed by atoms with van der Waals surface area (Å²) < 4.78 is 0. The lowest BCUT2D eigenvalue weighted by Crippen LogP contribution is -2.41. The molecule has 0 aromatic heterocycles. The van der Waals surface area contributed by atoms with Gasteiger partial charge in [0.2, 0.25) is 0 Å². The lowest BCUT2D eigenvalue weighted by Gasteiger charge is -2.26. The molecule has 4 nitrogen and oxygen atoms in total. The van der Waals surface area contributed by atoms with Crippen LogP contribution < -0.4 is 11.1 Å². The monoisotopic (exact) mass is 289 g/mol. The minimum atomic E-state index is 0.00923. The van der Waals surface area contributed by atoms with E-state index in [4.69, 9.17) is 5.73 Å². The van der Waals surface area contributed by atoms with Crippen molar-refractivity contribution in [2.75, 3.05) is 19.6 Å². The maximum Gasteiger partial charge on any atom is 0.251 e. The van der Waals surface area contributed by atoms with Crippen LogP contribution in [0.15, 0.2) is 24.3 Å². The Kier molecular flexibility index (Phi) is 5.76. The molecule has 1 saturated heterocycles. The third-order valence-electron chi connectivity index (χ3n) is 4.05. The van der Waals surface area contributed by atoms with Crippen LogP contribution in [-0.4, -0.2) is 36.5 Å². The molecule has 0 radical (unpaired) electrons. The molecule has 1 aliphatic heterocycles. The van der Waals surface area contributed by atoms with Gasteiger partial charge < -0.3 is 11.1 Å². The fraction of sp³-hybridized carbons (Fsp3) is 0.588. The molecule has 1 heterocycles. The van der Waals surface area contributed by atoms with Crippen molar-refractivity contribution in [2.45, 2.75) is 39.3 Å². The molecule has 116 valence electrons. The van der Waals surface area contributed by atoms with Crippen molar-refractivity contribution in [3.05, 3.63) is 35.4 Å². The van der Waals surface area contributed by atoms with Crippen LogP contribution in [0.3, 0.4) is 0 Å². The number of hydrogen-bond donors (Lipinski definition) is 2. The highest BCUT2D eigenvalue weighted by Gasteiger charge is 2.25. The third kappa shape index (κ3) is 4.55. The van der Waals surface area contributed by atoms with Gasteiger partial charge in [-0.15, -0.1) is 0 Å². The third-order valence-corrected chi connectivity index (χ3v) is 4.05. The minimum absolute atomic E-state index is 0.00923. The number of carbonyl (C=O) groups excluding carboxylic acids is 1. The molecule has 0 bridgehead atoms. The van der Waals surface area contributed by atoms with Gasteiger partial charge in [0, 0.05) is 31.2 Å². The molecule has 1 fully saturated rings. The topological polar surface area (TPSA) is 58.4 Å². The van der Waals surface area contributed by atoms with Gasteiger partial charge in [-0.05, 0) is 43.0 Å². The maximum absolute atomic E-state index is 12.2. The minimum Gasteiger partial charge on any atom is -0.350 e. The quantitative estimate of drug-likeness (QED) is 0.842. The molecular formula is C17H27N3O. The Morgan fingerprint density at radius 1 is 1.38 bits per heavy atom. The fourth-order valence-corrected chi connectivity index (χ4v) is 2.94. The van der Waals surface area contributed by atoms with E-state index < -0.39 is 0 Å². The van der Waals surface area contributed by atoms with E-state index in [1.165, 1.54) is 12.8 Å². The number of likely N-dealkylation sites (tertiary alicyclic amines) is 1. The van der Waals surface area contributed by atoms with E-state index >= 15 is 0 Å². The van der Waals surface area contributed by atoms with Crippen molar-refractivity contribution in [2.24, 2.45) is 11.7 Å². The molecule has 1 amide bonds. The predicted molar refractivity (Wildman–Crippen MR) is 86.1 cm³/mol. The molecule has 0 saturated carbocycles. The van der Waals surface area contributed by atoms with E-state index in [-0.39, 0.29) is 5.91 Å². The molecule has 1 aromatic rings. The Morgan fingerprint density at radius 2 is 2.10 bits per heavy atom. The Hall–Kier alpha value is -1.39. The highest BCUT2D eigenvalue weighted by Crippen LogP contribution is 2.18. The van der Waals surface area contributed by atoms with E-state index in [0.29, 0.717) is 24.1 Å². The standard InChI is InChI=1S/C17H27N3O/c1-13(2)12-20-9-3-4-16(20)11-19-17(21)15-7-5-14(10-18)6-8-15/h5-8,13,16H,3-4,9-12,18H2,1-2H3,(H,19,21)/t16-/m1/s1. The van der Waals surface area contributed by atoms with Gasteiger partial charge in [-0.25, -0.2) is 0 Å². The lowest BCUT2D eigenvalue weighted by atomic mass is 10.1. The van der Waals surface area contributed by atoms with Crippen LogP contribution >= 0.6 is 0 Å². The molecule has 2 rings (SSSR count). The van der Waals surface area contributed by atoms with Crippen LogP contribution in [0.1, 0.15) is 42.6 Å². The number of benzene rings is 1. The van der Waals surface area contributed by atoms with E-state index in [1.54, 1.807) is 0 Å². The molecule has 1 aliphatic rings. The summed E-state index contributed by atoms with van der Waals surface area (Å²) in [5, 5.41) is 3.07. The molecule has 0 unspecified atom stereocenters. The van der Waals surface area contributed by atoms with E-state index in [0.717, 1.165) is 25.2 Å². The summed E-state index contributed by atoms with van der Waals surface area (Å²) in [6, 6.07) is 8.00. The Bertz CT molecular complexity index is 456. The van der Waals surface area contributed by atoms with Crippen molar-refractivity contribution < 1.29 is 4.79 Å². The molecular weight excluding hydrogens is 262 g/mol. The Balaban J connectivity index is 1.85. The second-order valence-electron chi connectivity index (χ2n) is 6.30. The Morgan fingerprint density at radius 3 is 2.71 bits per heavy atom. The summed E-state index contributed by atoms with van der Waals surface area (Å²) in [5.41, 5.74) is 7.32. The van der Waals surface area contributed by atoms with Gasteiger partial charge in [-0.2, -0.15) is 0 Å². The molecule has 0 aliphatic carbocycles. The summed E-state index contributed by atoms with van der Waals surface area (Å²) in [4.78, 5) is 14.7. The molecule has 1 aromatic carbocycles. The molecule has 4 heteroatoms. The highest BCUT2D eigenvalue weighted by atomic mass is 16.1. The normalized spacial score (nSPS) is 19.1. The smallest absolute Gasteiger partial charge is 0.251 e. The van der Waals surface area contributed by atoms with Crippen molar-refractivity contribution in [3.63, 3.8) is 0 Å². The summed E-state index contributed by atoms with van der Waals surface area (Å²) in [7, 11) is 0. The zero-order chi connectivity index (χ0) is 15.2. The Labute approximate surface area is 127 Å². The molecule has 0 spiro atoms. The average molecular weight is 289 g/mol. The zero-order valence-electron chi connectivity index (χ0n) is 13.1. The fourth-order valence-electron chi connectivity index (χ4n) is 2.94. The van der Waals surface area contributed by atoms with E-state index in [1.807, 2.05) is 24.3 Å². The van der Waals surface area contributed by atoms with Crippen molar-refractivity contribution >= 4 is 5.91 Å². The predicted octanol–water partition coefficient (Wildman–Crippen LogP) is 2.00. The van der Waals surface area contributed by atoms with Crippen LogP contribution in [0.5, 0.6) is 0 Å². The summed E-state index contributed by atoms with van der Waals surface area (Å²) in [6.45, 7) is 8.01. The van der Waals surface area contributed by atoms with Crippen molar-refractivity contribution in [1.82, 2.24) is 10.2 Å². The van der Waals surface area contributed by atoms with Gasteiger partial charge >= 0.3 is 0 Å². The number of nitrogens with zero attached hydrogens (tertiary/aromatic N) is 1. The van der Waals surface area contributed by atoms with Gasteiger partial charge in [0.25, 0.3) is 5.91 Å².